The predicted octanol–water partition coefficient (Wildman–Crippen LogP) is 2.04. The fraction of sp³-hybridized carbons (Fsp3) is 0.727. The molecule has 0 radical (unpaired) electrons. The van der Waals surface area contributed by atoms with Crippen LogP contribution in [0.5, 0.6) is 0 Å². The van der Waals surface area contributed by atoms with Gasteiger partial charge >= 0.3 is 0 Å². The smallest absolute Gasteiger partial charge is 0.297 e. The summed E-state index contributed by atoms with van der Waals surface area (Å²) in [7, 11) is 0. The van der Waals surface area contributed by atoms with E-state index in [0.29, 0.717) is 11.8 Å². The Hall–Kier alpha value is -0.490. The number of carbonyl (C=O) groups is 1. The van der Waals surface area contributed by atoms with Crippen molar-refractivity contribution < 1.29 is 4.79 Å². The SMILES string of the molecule is CC(NC(=O)C#CBr)(C1CC1)C1CC1. The molecule has 0 aromatic heterocycles. The van der Waals surface area contributed by atoms with Crippen LogP contribution in [0.25, 0.3) is 0 Å². The molecule has 2 fully saturated rings. The summed E-state index contributed by atoms with van der Waals surface area (Å²) in [4.78, 5) is 13.9. The summed E-state index contributed by atoms with van der Waals surface area (Å²) >= 11 is 2.94. The fourth-order valence-corrected chi connectivity index (χ4v) is 2.40. The van der Waals surface area contributed by atoms with Gasteiger partial charge in [-0.3, -0.25) is 4.79 Å². The highest BCUT2D eigenvalue weighted by atomic mass is 79.9. The van der Waals surface area contributed by atoms with E-state index in [1.165, 1.54) is 25.7 Å². The van der Waals surface area contributed by atoms with E-state index in [1.807, 2.05) is 0 Å². The van der Waals surface area contributed by atoms with Gasteiger partial charge in [-0.05, 0) is 49.3 Å². The van der Waals surface area contributed by atoms with Crippen LogP contribution < -0.4 is 5.32 Å². The largest absolute Gasteiger partial charge is 0.340 e. The van der Waals surface area contributed by atoms with Gasteiger partial charge in [0.15, 0.2) is 0 Å². The standard InChI is InChI=1S/C11H14BrNO/c1-11(8-2-3-8,9-4-5-9)13-10(14)6-7-12/h8-9H,2-5H2,1H3,(H,13,14). The molecule has 2 nitrogen and oxygen atoms in total. The minimum absolute atomic E-state index is 0.0218. The van der Waals surface area contributed by atoms with Crippen molar-refractivity contribution >= 4 is 21.8 Å². The van der Waals surface area contributed by atoms with Gasteiger partial charge in [-0.25, -0.2) is 0 Å². The molecule has 0 saturated heterocycles. The van der Waals surface area contributed by atoms with Crippen LogP contribution in [-0.2, 0) is 4.79 Å². The van der Waals surface area contributed by atoms with Crippen molar-refractivity contribution in [3.63, 3.8) is 0 Å². The van der Waals surface area contributed by atoms with Crippen LogP contribution in [-0.4, -0.2) is 11.4 Å². The zero-order valence-electron chi connectivity index (χ0n) is 8.27. The Morgan fingerprint density at radius 3 is 2.21 bits per heavy atom. The van der Waals surface area contributed by atoms with Crippen molar-refractivity contribution in [2.75, 3.05) is 0 Å². The van der Waals surface area contributed by atoms with Crippen LogP contribution >= 0.6 is 15.9 Å². The average Bonchev–Trinajstić information content (AvgIpc) is 2.98. The van der Waals surface area contributed by atoms with Gasteiger partial charge in [0.1, 0.15) is 0 Å². The molecule has 2 aliphatic rings. The van der Waals surface area contributed by atoms with Crippen molar-refractivity contribution in [3.8, 4) is 10.8 Å². The number of halogens is 1. The third-order valence-corrected chi connectivity index (χ3v) is 3.59. The highest BCUT2D eigenvalue weighted by Crippen LogP contribution is 2.51. The van der Waals surface area contributed by atoms with Crippen molar-refractivity contribution in [1.29, 1.82) is 0 Å². The van der Waals surface area contributed by atoms with E-state index in [-0.39, 0.29) is 11.4 Å². The van der Waals surface area contributed by atoms with E-state index in [4.69, 9.17) is 0 Å². The van der Waals surface area contributed by atoms with Crippen LogP contribution in [0.4, 0.5) is 0 Å². The van der Waals surface area contributed by atoms with Crippen LogP contribution in [0.1, 0.15) is 32.6 Å². The van der Waals surface area contributed by atoms with Crippen LogP contribution in [0.2, 0.25) is 0 Å². The minimum atomic E-state index is -0.150. The third kappa shape index (κ3) is 1.95. The Morgan fingerprint density at radius 2 is 1.86 bits per heavy atom. The number of hydrogen-bond acceptors (Lipinski definition) is 1. The molecule has 14 heavy (non-hydrogen) atoms. The second-order valence-electron chi connectivity index (χ2n) is 4.50. The molecule has 1 amide bonds. The molecule has 76 valence electrons. The first kappa shape index (κ1) is 10.0. The lowest BCUT2D eigenvalue weighted by atomic mass is 9.90. The van der Waals surface area contributed by atoms with Gasteiger partial charge in [0.2, 0.25) is 0 Å². The maximum absolute atomic E-state index is 11.4. The van der Waals surface area contributed by atoms with Crippen LogP contribution in [0, 0.1) is 22.6 Å². The lowest BCUT2D eigenvalue weighted by Crippen LogP contribution is -2.49. The van der Waals surface area contributed by atoms with Gasteiger partial charge < -0.3 is 5.32 Å². The summed E-state index contributed by atoms with van der Waals surface area (Å²) in [6.07, 6.45) is 5.04. The summed E-state index contributed by atoms with van der Waals surface area (Å²) in [6.45, 7) is 2.18. The number of amides is 1. The molecule has 2 rings (SSSR count). The first-order chi connectivity index (χ1) is 6.66. The van der Waals surface area contributed by atoms with Crippen molar-refractivity contribution in [2.24, 2.45) is 11.8 Å². The maximum atomic E-state index is 11.4. The number of nitrogens with one attached hydrogen (secondary N) is 1. The minimum Gasteiger partial charge on any atom is -0.340 e. The molecule has 0 unspecified atom stereocenters. The van der Waals surface area contributed by atoms with Gasteiger partial charge in [-0.1, -0.05) is 0 Å². The molecular formula is C11H14BrNO. The molecule has 0 aromatic carbocycles. The van der Waals surface area contributed by atoms with Crippen molar-refractivity contribution in [3.05, 3.63) is 0 Å². The van der Waals surface area contributed by atoms with Gasteiger partial charge in [0.05, 0.1) is 0 Å². The molecule has 0 heterocycles. The number of rotatable bonds is 3. The maximum Gasteiger partial charge on any atom is 0.297 e. The summed E-state index contributed by atoms with van der Waals surface area (Å²) in [5.41, 5.74) is 0.0218. The van der Waals surface area contributed by atoms with Gasteiger partial charge in [0, 0.05) is 27.4 Å². The average molecular weight is 256 g/mol. The summed E-state index contributed by atoms with van der Waals surface area (Å²) in [5.74, 6) is 3.71. The van der Waals surface area contributed by atoms with Gasteiger partial charge in [0.25, 0.3) is 5.91 Å². The quantitative estimate of drug-likeness (QED) is 0.769. The summed E-state index contributed by atoms with van der Waals surface area (Å²) in [6, 6.07) is 0. The van der Waals surface area contributed by atoms with E-state index in [0.717, 1.165) is 0 Å². The van der Waals surface area contributed by atoms with Crippen LogP contribution in [0.15, 0.2) is 0 Å². The normalized spacial score (nSPS) is 21.0. The molecule has 3 heteroatoms. The number of hydrogen-bond donors (Lipinski definition) is 1. The highest BCUT2D eigenvalue weighted by molar-refractivity contribution is 9.12. The molecule has 0 aliphatic heterocycles. The molecule has 1 N–H and O–H groups in total. The Labute approximate surface area is 93.0 Å². The van der Waals surface area contributed by atoms with E-state index in [9.17, 15) is 4.79 Å². The zero-order chi connectivity index (χ0) is 10.2. The number of carbonyl (C=O) groups excluding carboxylic acids is 1. The Balaban J connectivity index is 2.02. The fourth-order valence-electron chi connectivity index (χ4n) is 2.22. The Morgan fingerprint density at radius 1 is 1.36 bits per heavy atom. The second-order valence-corrected chi connectivity index (χ2v) is 4.90. The molecule has 2 saturated carbocycles. The first-order valence-electron chi connectivity index (χ1n) is 5.10. The van der Waals surface area contributed by atoms with Crippen LogP contribution in [0.3, 0.4) is 0 Å². The summed E-state index contributed by atoms with van der Waals surface area (Å²) < 4.78 is 0. The molecular weight excluding hydrogens is 242 g/mol. The van der Waals surface area contributed by atoms with E-state index in [1.54, 1.807) is 0 Å². The van der Waals surface area contributed by atoms with E-state index < -0.39 is 0 Å². The molecule has 0 atom stereocenters. The van der Waals surface area contributed by atoms with Crippen molar-refractivity contribution in [2.45, 2.75) is 38.1 Å². The third-order valence-electron chi connectivity index (χ3n) is 3.39. The predicted molar refractivity (Wildman–Crippen MR) is 58.7 cm³/mol. The zero-order valence-corrected chi connectivity index (χ0v) is 9.86. The Bertz CT molecular complexity index is 295. The van der Waals surface area contributed by atoms with Gasteiger partial charge in [-0.2, -0.15) is 0 Å². The lowest BCUT2D eigenvalue weighted by Gasteiger charge is -2.30. The molecule has 2 aliphatic carbocycles. The van der Waals surface area contributed by atoms with Crippen molar-refractivity contribution in [1.82, 2.24) is 5.32 Å². The molecule has 0 bridgehead atoms. The lowest BCUT2D eigenvalue weighted by molar-refractivity contribution is -0.117. The Kier molecular flexibility index (Phi) is 2.57. The van der Waals surface area contributed by atoms with E-state index >= 15 is 0 Å². The highest BCUT2D eigenvalue weighted by Gasteiger charge is 2.51. The molecule has 0 aromatic rings. The first-order valence-corrected chi connectivity index (χ1v) is 5.90. The molecule has 0 spiro atoms. The second kappa shape index (κ2) is 3.58. The topological polar surface area (TPSA) is 29.1 Å². The monoisotopic (exact) mass is 255 g/mol. The summed E-state index contributed by atoms with van der Waals surface area (Å²) in [5, 5.41) is 3.08. The van der Waals surface area contributed by atoms with E-state index in [2.05, 4.69) is 38.9 Å². The van der Waals surface area contributed by atoms with Gasteiger partial charge in [-0.15, -0.1) is 0 Å².